The van der Waals surface area contributed by atoms with E-state index in [4.69, 9.17) is 0 Å². The molecule has 0 heterocycles. The first kappa shape index (κ1) is 20.2. The average Bonchev–Trinajstić information content (AvgIpc) is 2.58. The summed E-state index contributed by atoms with van der Waals surface area (Å²) >= 11 is 0. The fraction of sp³-hybridized carbons (Fsp3) is 1.00. The van der Waals surface area contributed by atoms with Crippen LogP contribution in [-0.4, -0.2) is 48.6 Å². The minimum atomic E-state index is 0.427. The molecule has 2 aliphatic rings. The summed E-state index contributed by atoms with van der Waals surface area (Å²) in [6.07, 6.45) is 17.3. The first-order valence-electron chi connectivity index (χ1n) is 10.9. The monoisotopic (exact) mass is 336 g/mol. The van der Waals surface area contributed by atoms with Gasteiger partial charge in [-0.1, -0.05) is 59.3 Å². The number of unbranched alkanes of at least 4 members (excludes halogenated alkanes) is 1. The van der Waals surface area contributed by atoms with Crippen LogP contribution < -0.4 is 0 Å². The molecule has 2 fully saturated rings. The lowest BCUT2D eigenvalue weighted by Gasteiger charge is -2.38. The SMILES string of the molecule is CN(CCCCN(CC(C)(C)C)C1CCCCC1)C1CCCCC1. The molecule has 0 atom stereocenters. The van der Waals surface area contributed by atoms with Crippen LogP contribution in [0.1, 0.15) is 97.8 Å². The Morgan fingerprint density at radius 3 is 1.75 bits per heavy atom. The van der Waals surface area contributed by atoms with E-state index in [1.54, 1.807) is 0 Å². The van der Waals surface area contributed by atoms with Gasteiger partial charge in [-0.2, -0.15) is 0 Å². The molecule has 0 N–H and O–H groups in total. The van der Waals surface area contributed by atoms with Gasteiger partial charge < -0.3 is 4.90 Å². The summed E-state index contributed by atoms with van der Waals surface area (Å²) in [5.41, 5.74) is 0.427. The zero-order valence-corrected chi connectivity index (χ0v) is 17.2. The van der Waals surface area contributed by atoms with Gasteiger partial charge in [-0.25, -0.2) is 0 Å². The Morgan fingerprint density at radius 1 is 0.708 bits per heavy atom. The third-order valence-electron chi connectivity index (χ3n) is 6.17. The highest BCUT2D eigenvalue weighted by atomic mass is 15.2. The molecule has 0 bridgehead atoms. The summed E-state index contributed by atoms with van der Waals surface area (Å²) in [7, 11) is 2.37. The van der Waals surface area contributed by atoms with Crippen molar-refractivity contribution in [3.8, 4) is 0 Å². The number of rotatable bonds is 8. The minimum Gasteiger partial charge on any atom is -0.303 e. The van der Waals surface area contributed by atoms with Crippen LogP contribution in [0.2, 0.25) is 0 Å². The van der Waals surface area contributed by atoms with E-state index in [1.807, 2.05) is 0 Å². The molecule has 2 aliphatic carbocycles. The summed E-state index contributed by atoms with van der Waals surface area (Å²) in [5.74, 6) is 0. The Labute approximate surface area is 152 Å². The van der Waals surface area contributed by atoms with Crippen LogP contribution >= 0.6 is 0 Å². The van der Waals surface area contributed by atoms with Crippen molar-refractivity contribution in [2.75, 3.05) is 26.7 Å². The third kappa shape index (κ3) is 7.44. The zero-order chi connectivity index (χ0) is 17.4. The van der Waals surface area contributed by atoms with Gasteiger partial charge in [-0.15, -0.1) is 0 Å². The van der Waals surface area contributed by atoms with Gasteiger partial charge in [0.15, 0.2) is 0 Å². The summed E-state index contributed by atoms with van der Waals surface area (Å²) in [6.45, 7) is 11.1. The smallest absolute Gasteiger partial charge is 0.00954 e. The third-order valence-corrected chi connectivity index (χ3v) is 6.17. The molecule has 0 saturated heterocycles. The molecule has 2 heteroatoms. The highest BCUT2D eigenvalue weighted by molar-refractivity contribution is 4.80. The van der Waals surface area contributed by atoms with Crippen molar-refractivity contribution in [2.24, 2.45) is 5.41 Å². The quantitative estimate of drug-likeness (QED) is 0.524. The van der Waals surface area contributed by atoms with Crippen LogP contribution in [0, 0.1) is 5.41 Å². The van der Waals surface area contributed by atoms with E-state index in [9.17, 15) is 0 Å². The minimum absolute atomic E-state index is 0.427. The molecule has 0 radical (unpaired) electrons. The summed E-state index contributed by atoms with van der Waals surface area (Å²) in [4.78, 5) is 5.51. The Morgan fingerprint density at radius 2 is 1.21 bits per heavy atom. The molecule has 0 aliphatic heterocycles. The number of hydrogen-bond donors (Lipinski definition) is 0. The fourth-order valence-corrected chi connectivity index (χ4v) is 4.83. The lowest BCUT2D eigenvalue weighted by molar-refractivity contribution is 0.106. The predicted molar refractivity (Wildman–Crippen MR) is 107 cm³/mol. The Hall–Kier alpha value is -0.0800. The van der Waals surface area contributed by atoms with Crippen molar-refractivity contribution < 1.29 is 0 Å². The van der Waals surface area contributed by atoms with Crippen LogP contribution in [0.5, 0.6) is 0 Å². The lowest BCUT2D eigenvalue weighted by atomic mass is 9.90. The summed E-state index contributed by atoms with van der Waals surface area (Å²) < 4.78 is 0. The molecular formula is C22H44N2. The first-order valence-corrected chi connectivity index (χ1v) is 10.9. The van der Waals surface area contributed by atoms with Gasteiger partial charge in [0, 0.05) is 18.6 Å². The maximum atomic E-state index is 2.85. The first-order chi connectivity index (χ1) is 11.5. The second-order valence-electron chi connectivity index (χ2n) is 9.80. The van der Waals surface area contributed by atoms with Gasteiger partial charge in [0.2, 0.25) is 0 Å². The highest BCUT2D eigenvalue weighted by Crippen LogP contribution is 2.27. The van der Waals surface area contributed by atoms with Crippen molar-refractivity contribution >= 4 is 0 Å². The average molecular weight is 337 g/mol. The van der Waals surface area contributed by atoms with Gasteiger partial charge in [0.05, 0.1) is 0 Å². The maximum absolute atomic E-state index is 2.85. The Bertz CT molecular complexity index is 321. The van der Waals surface area contributed by atoms with Crippen molar-refractivity contribution in [1.29, 1.82) is 0 Å². The van der Waals surface area contributed by atoms with E-state index in [0.29, 0.717) is 5.41 Å². The molecule has 0 unspecified atom stereocenters. The molecule has 2 saturated carbocycles. The topological polar surface area (TPSA) is 6.48 Å². The molecule has 0 amide bonds. The zero-order valence-electron chi connectivity index (χ0n) is 17.2. The van der Waals surface area contributed by atoms with Crippen molar-refractivity contribution in [3.63, 3.8) is 0 Å². The molecule has 0 spiro atoms. The van der Waals surface area contributed by atoms with Gasteiger partial charge in [-0.05, 0) is 64.1 Å². The molecule has 0 aromatic heterocycles. The van der Waals surface area contributed by atoms with E-state index in [-0.39, 0.29) is 0 Å². The maximum Gasteiger partial charge on any atom is 0.00954 e. The molecular weight excluding hydrogens is 292 g/mol. The molecule has 24 heavy (non-hydrogen) atoms. The summed E-state index contributed by atoms with van der Waals surface area (Å²) in [6, 6.07) is 1.75. The second kappa shape index (κ2) is 10.2. The fourth-order valence-electron chi connectivity index (χ4n) is 4.83. The largest absolute Gasteiger partial charge is 0.303 e. The van der Waals surface area contributed by atoms with Crippen molar-refractivity contribution in [1.82, 2.24) is 9.80 Å². The molecule has 0 aromatic carbocycles. The van der Waals surface area contributed by atoms with Crippen LogP contribution in [0.3, 0.4) is 0 Å². The molecule has 0 aromatic rings. The summed E-state index contributed by atoms with van der Waals surface area (Å²) in [5, 5.41) is 0. The Kier molecular flexibility index (Phi) is 8.57. The number of hydrogen-bond acceptors (Lipinski definition) is 2. The van der Waals surface area contributed by atoms with Gasteiger partial charge in [0.1, 0.15) is 0 Å². The van der Waals surface area contributed by atoms with Crippen LogP contribution in [0.25, 0.3) is 0 Å². The van der Waals surface area contributed by atoms with Crippen molar-refractivity contribution in [3.05, 3.63) is 0 Å². The van der Waals surface area contributed by atoms with Crippen molar-refractivity contribution in [2.45, 2.75) is 110 Å². The number of nitrogens with zero attached hydrogens (tertiary/aromatic N) is 2. The van der Waals surface area contributed by atoms with Gasteiger partial charge >= 0.3 is 0 Å². The van der Waals surface area contributed by atoms with Crippen LogP contribution in [-0.2, 0) is 0 Å². The normalized spacial score (nSPS) is 21.8. The predicted octanol–water partition coefficient (Wildman–Crippen LogP) is 5.71. The van der Waals surface area contributed by atoms with E-state index < -0.39 is 0 Å². The van der Waals surface area contributed by atoms with E-state index in [2.05, 4.69) is 37.6 Å². The highest BCUT2D eigenvalue weighted by Gasteiger charge is 2.25. The van der Waals surface area contributed by atoms with Gasteiger partial charge in [0.25, 0.3) is 0 Å². The standard InChI is InChI=1S/C22H44N2/c1-22(2,3)19-24(21-15-9-6-10-16-21)18-12-11-17-23(4)20-13-7-5-8-14-20/h20-21H,5-19H2,1-4H3. The lowest BCUT2D eigenvalue weighted by Crippen LogP contribution is -2.42. The van der Waals surface area contributed by atoms with Gasteiger partial charge in [-0.3, -0.25) is 4.90 Å². The van der Waals surface area contributed by atoms with Crippen LogP contribution in [0.15, 0.2) is 0 Å². The van der Waals surface area contributed by atoms with Crippen LogP contribution in [0.4, 0.5) is 0 Å². The Balaban J connectivity index is 1.70. The van der Waals surface area contributed by atoms with E-state index in [1.165, 1.54) is 96.7 Å². The molecule has 142 valence electrons. The second-order valence-corrected chi connectivity index (χ2v) is 9.80. The van der Waals surface area contributed by atoms with E-state index in [0.717, 1.165) is 12.1 Å². The van der Waals surface area contributed by atoms with E-state index >= 15 is 0 Å². The molecule has 2 rings (SSSR count). The molecule has 2 nitrogen and oxygen atoms in total.